The lowest BCUT2D eigenvalue weighted by atomic mass is 9.95. The van der Waals surface area contributed by atoms with Crippen molar-refractivity contribution in [2.75, 3.05) is 50.9 Å². The van der Waals surface area contributed by atoms with E-state index in [1.54, 1.807) is 0 Å². The van der Waals surface area contributed by atoms with Gasteiger partial charge in [0.1, 0.15) is 6.54 Å². The second-order valence-electron chi connectivity index (χ2n) is 7.91. The number of rotatable bonds is 9. The summed E-state index contributed by atoms with van der Waals surface area (Å²) in [6.07, 6.45) is 3.38. The van der Waals surface area contributed by atoms with Gasteiger partial charge in [-0.1, -0.05) is 19.0 Å². The van der Waals surface area contributed by atoms with E-state index in [-0.39, 0.29) is 29.5 Å². The topological polar surface area (TPSA) is 74.9 Å². The maximum atomic E-state index is 5.57. The van der Waals surface area contributed by atoms with Crippen molar-refractivity contribution in [3.63, 3.8) is 0 Å². The molecule has 0 spiro atoms. The number of nitrogens with one attached hydrogen (secondary N) is 2. The molecule has 0 aromatic carbocycles. The number of halogens is 1. The van der Waals surface area contributed by atoms with Crippen LogP contribution in [0.1, 0.15) is 57.4 Å². The van der Waals surface area contributed by atoms with Crippen molar-refractivity contribution in [3.8, 4) is 0 Å². The Morgan fingerprint density at radius 1 is 1.27 bits per heavy atom. The first kappa shape index (κ1) is 25.7. The molecular weight excluding hydrogens is 513 g/mol. The van der Waals surface area contributed by atoms with Crippen molar-refractivity contribution in [1.82, 2.24) is 20.7 Å². The van der Waals surface area contributed by atoms with Gasteiger partial charge in [0.2, 0.25) is 0 Å². The summed E-state index contributed by atoms with van der Waals surface area (Å²) in [5.41, 5.74) is 1.24. The third-order valence-corrected chi connectivity index (χ3v) is 7.30. The van der Waals surface area contributed by atoms with E-state index in [0.29, 0.717) is 12.5 Å². The smallest absolute Gasteiger partial charge is 0.191 e. The Kier molecular flexibility index (Phi) is 11.3. The van der Waals surface area contributed by atoms with Gasteiger partial charge < -0.3 is 19.9 Å². The monoisotopic (exact) mass is 551 g/mol. The molecule has 3 rings (SSSR count). The molecule has 1 aromatic rings. The molecule has 172 valence electrons. The standard InChI is InChI=1S/C21H37N5O2S.HI/c1-4-17(5-2)19-13-18(28-25-19)14-23-20(22-6-3)24-15-21(7-12-29-16-21)26-8-10-27-11-9-26;/h13,17H,4-12,14-16H2,1-3H3,(H2,22,23,24);1H. The fraction of sp³-hybridized carbons (Fsp3) is 0.810. The fourth-order valence-electron chi connectivity index (χ4n) is 4.18. The van der Waals surface area contributed by atoms with Crippen LogP contribution >= 0.6 is 35.7 Å². The lowest BCUT2D eigenvalue weighted by Crippen LogP contribution is -2.60. The van der Waals surface area contributed by atoms with Crippen molar-refractivity contribution in [2.24, 2.45) is 4.99 Å². The van der Waals surface area contributed by atoms with Gasteiger partial charge in [0, 0.05) is 49.5 Å². The molecule has 1 atom stereocenters. The number of nitrogens with zero attached hydrogens (tertiary/aromatic N) is 3. The minimum atomic E-state index is 0. The maximum Gasteiger partial charge on any atom is 0.191 e. The quantitative estimate of drug-likeness (QED) is 0.277. The number of hydrogen-bond acceptors (Lipinski definition) is 6. The first-order chi connectivity index (χ1) is 14.2. The summed E-state index contributed by atoms with van der Waals surface area (Å²) in [5.74, 6) is 4.53. The maximum absolute atomic E-state index is 5.57. The summed E-state index contributed by atoms with van der Waals surface area (Å²) in [7, 11) is 0. The first-order valence-electron chi connectivity index (χ1n) is 11.1. The molecule has 0 bridgehead atoms. The summed E-state index contributed by atoms with van der Waals surface area (Å²) in [5, 5.41) is 11.2. The van der Waals surface area contributed by atoms with Crippen LogP contribution in [0.4, 0.5) is 0 Å². The van der Waals surface area contributed by atoms with Gasteiger partial charge in [-0.05, 0) is 31.9 Å². The lowest BCUT2D eigenvalue weighted by Gasteiger charge is -2.43. The average molecular weight is 552 g/mol. The van der Waals surface area contributed by atoms with E-state index in [9.17, 15) is 0 Å². The number of morpholine rings is 1. The summed E-state index contributed by atoms with van der Waals surface area (Å²) < 4.78 is 11.1. The van der Waals surface area contributed by atoms with Crippen LogP contribution in [0.5, 0.6) is 0 Å². The van der Waals surface area contributed by atoms with E-state index in [1.807, 2.05) is 0 Å². The van der Waals surface area contributed by atoms with Crippen LogP contribution in [0.15, 0.2) is 15.6 Å². The fourth-order valence-corrected chi connectivity index (χ4v) is 5.66. The second kappa shape index (κ2) is 13.1. The van der Waals surface area contributed by atoms with Crippen molar-refractivity contribution in [2.45, 2.75) is 58.0 Å². The van der Waals surface area contributed by atoms with Gasteiger partial charge in [0.25, 0.3) is 0 Å². The highest BCUT2D eigenvalue weighted by Crippen LogP contribution is 2.33. The van der Waals surface area contributed by atoms with Crippen molar-refractivity contribution >= 4 is 41.7 Å². The number of ether oxygens (including phenoxy) is 1. The molecule has 0 saturated carbocycles. The largest absolute Gasteiger partial charge is 0.379 e. The van der Waals surface area contributed by atoms with Gasteiger partial charge in [0.15, 0.2) is 11.7 Å². The Bertz CT molecular complexity index is 641. The van der Waals surface area contributed by atoms with Crippen LogP contribution in [0, 0.1) is 0 Å². The van der Waals surface area contributed by atoms with Gasteiger partial charge in [0.05, 0.1) is 18.9 Å². The number of hydrogen-bond donors (Lipinski definition) is 2. The SMILES string of the molecule is CCNC(=NCc1cc(C(CC)CC)no1)NCC1(N2CCOCC2)CCSC1.I. The van der Waals surface area contributed by atoms with Crippen molar-refractivity contribution in [1.29, 1.82) is 0 Å². The summed E-state index contributed by atoms with van der Waals surface area (Å²) in [6, 6.07) is 2.06. The van der Waals surface area contributed by atoms with Gasteiger partial charge >= 0.3 is 0 Å². The predicted octanol–water partition coefficient (Wildman–Crippen LogP) is 3.46. The molecule has 1 unspecified atom stereocenters. The second-order valence-corrected chi connectivity index (χ2v) is 9.01. The van der Waals surface area contributed by atoms with E-state index in [2.05, 4.69) is 59.3 Å². The van der Waals surface area contributed by atoms with Gasteiger partial charge in [-0.15, -0.1) is 24.0 Å². The van der Waals surface area contributed by atoms with Gasteiger partial charge in [-0.2, -0.15) is 11.8 Å². The van der Waals surface area contributed by atoms with Gasteiger partial charge in [-0.3, -0.25) is 4.90 Å². The molecule has 0 radical (unpaired) electrons. The molecule has 9 heteroatoms. The van der Waals surface area contributed by atoms with Crippen molar-refractivity contribution < 1.29 is 9.26 Å². The van der Waals surface area contributed by atoms with E-state index >= 15 is 0 Å². The van der Waals surface area contributed by atoms with Crippen LogP contribution < -0.4 is 10.6 Å². The molecule has 0 amide bonds. The third kappa shape index (κ3) is 6.74. The molecule has 2 fully saturated rings. The summed E-state index contributed by atoms with van der Waals surface area (Å²) >= 11 is 2.05. The minimum Gasteiger partial charge on any atom is -0.379 e. The van der Waals surface area contributed by atoms with Crippen LogP contribution in [-0.4, -0.2) is 72.5 Å². The van der Waals surface area contributed by atoms with Gasteiger partial charge in [-0.25, -0.2) is 4.99 Å². The Morgan fingerprint density at radius 3 is 2.67 bits per heavy atom. The molecule has 30 heavy (non-hydrogen) atoms. The Labute approximate surface area is 202 Å². The zero-order valence-electron chi connectivity index (χ0n) is 18.6. The van der Waals surface area contributed by atoms with E-state index < -0.39 is 0 Å². The van der Waals surface area contributed by atoms with Crippen LogP contribution in [0.25, 0.3) is 0 Å². The predicted molar refractivity (Wildman–Crippen MR) is 135 cm³/mol. The van der Waals surface area contributed by atoms with E-state index in [4.69, 9.17) is 14.3 Å². The summed E-state index contributed by atoms with van der Waals surface area (Å²) in [4.78, 5) is 7.37. The zero-order chi connectivity index (χ0) is 20.5. The first-order valence-corrected chi connectivity index (χ1v) is 12.2. The minimum absolute atomic E-state index is 0. The number of guanidine groups is 1. The van der Waals surface area contributed by atoms with E-state index in [1.165, 1.54) is 17.9 Å². The highest BCUT2D eigenvalue weighted by Gasteiger charge is 2.40. The Balaban J connectivity index is 0.00000320. The zero-order valence-corrected chi connectivity index (χ0v) is 21.8. The Morgan fingerprint density at radius 2 is 2.03 bits per heavy atom. The van der Waals surface area contributed by atoms with Crippen LogP contribution in [-0.2, 0) is 11.3 Å². The molecule has 2 saturated heterocycles. The number of aromatic nitrogens is 1. The molecule has 3 heterocycles. The molecule has 7 nitrogen and oxygen atoms in total. The lowest BCUT2D eigenvalue weighted by molar-refractivity contribution is -0.0120. The molecular formula is C21H38IN5O2S. The highest BCUT2D eigenvalue weighted by atomic mass is 127. The Hall–Kier alpha value is -0.520. The molecule has 0 aliphatic carbocycles. The molecule has 2 N–H and O–H groups in total. The highest BCUT2D eigenvalue weighted by molar-refractivity contribution is 14.0. The number of aliphatic imine (C=N–C) groups is 1. The normalized spacial score (nSPS) is 22.9. The van der Waals surface area contributed by atoms with Crippen molar-refractivity contribution in [3.05, 3.63) is 17.5 Å². The molecule has 2 aliphatic heterocycles. The van der Waals surface area contributed by atoms with Crippen LogP contribution in [0.3, 0.4) is 0 Å². The number of thioether (sulfide) groups is 1. The average Bonchev–Trinajstić information content (AvgIpc) is 3.42. The third-order valence-electron chi connectivity index (χ3n) is 6.07. The molecule has 2 aliphatic rings. The van der Waals surface area contributed by atoms with Crippen LogP contribution in [0.2, 0.25) is 0 Å². The van der Waals surface area contributed by atoms with E-state index in [0.717, 1.165) is 69.6 Å². The summed E-state index contributed by atoms with van der Waals surface area (Å²) in [6.45, 7) is 12.4. The molecule has 1 aromatic heterocycles.